The lowest BCUT2D eigenvalue weighted by Crippen LogP contribution is -2.12. The highest BCUT2D eigenvalue weighted by Crippen LogP contribution is 2.29. The third-order valence-electron chi connectivity index (χ3n) is 3.41. The Bertz CT molecular complexity index is 903. The second-order valence-corrected chi connectivity index (χ2v) is 6.12. The molecule has 0 saturated heterocycles. The molecule has 1 heterocycles. The molecule has 1 aromatic heterocycles. The van der Waals surface area contributed by atoms with Gasteiger partial charge in [-0.2, -0.15) is 0 Å². The van der Waals surface area contributed by atoms with Crippen LogP contribution in [0.5, 0.6) is 0 Å². The summed E-state index contributed by atoms with van der Waals surface area (Å²) in [4.78, 5) is 27.0. The number of non-ortho nitro benzene ring substituents is 1. The van der Waals surface area contributed by atoms with Gasteiger partial charge in [-0.05, 0) is 25.1 Å². The molecule has 0 atom stereocenters. The summed E-state index contributed by atoms with van der Waals surface area (Å²) in [5.74, 6) is -0.329. The fourth-order valence-corrected chi connectivity index (χ4v) is 2.84. The Kier molecular flexibility index (Phi) is 4.35. The highest BCUT2D eigenvalue weighted by Gasteiger charge is 2.13. The number of thiazole rings is 1. The zero-order valence-corrected chi connectivity index (χ0v) is 13.5. The summed E-state index contributed by atoms with van der Waals surface area (Å²) in [7, 11) is 0. The number of aromatic nitrogens is 1. The number of nitrogens with zero attached hydrogens (tertiary/aromatic N) is 2. The number of rotatable bonds is 4. The Balaban J connectivity index is 1.86. The first-order chi connectivity index (χ1) is 11.5. The molecule has 0 bridgehead atoms. The number of nitro groups is 1. The smallest absolute Gasteiger partial charge is 0.269 e. The van der Waals surface area contributed by atoms with E-state index in [1.807, 2.05) is 30.5 Å². The third-order valence-corrected chi connectivity index (χ3v) is 4.18. The summed E-state index contributed by atoms with van der Waals surface area (Å²) in [5, 5.41) is 16.4. The molecule has 120 valence electrons. The Morgan fingerprint density at radius 3 is 2.50 bits per heavy atom. The van der Waals surface area contributed by atoms with E-state index in [0.717, 1.165) is 16.3 Å². The van der Waals surface area contributed by atoms with Crippen molar-refractivity contribution in [2.24, 2.45) is 0 Å². The molecular formula is C17H13N3O3S. The van der Waals surface area contributed by atoms with Gasteiger partial charge in [-0.25, -0.2) is 4.98 Å². The van der Waals surface area contributed by atoms with Crippen molar-refractivity contribution in [2.45, 2.75) is 6.92 Å². The monoisotopic (exact) mass is 339 g/mol. The summed E-state index contributed by atoms with van der Waals surface area (Å²) in [6.45, 7) is 1.92. The van der Waals surface area contributed by atoms with Crippen LogP contribution in [-0.4, -0.2) is 15.8 Å². The van der Waals surface area contributed by atoms with Crippen LogP contribution < -0.4 is 5.32 Å². The van der Waals surface area contributed by atoms with E-state index < -0.39 is 4.92 Å². The normalized spacial score (nSPS) is 10.4. The molecule has 0 spiro atoms. The molecule has 0 radical (unpaired) electrons. The molecule has 24 heavy (non-hydrogen) atoms. The number of amides is 1. The third kappa shape index (κ3) is 3.31. The predicted octanol–water partition coefficient (Wildman–Crippen LogP) is 4.28. The zero-order chi connectivity index (χ0) is 17.1. The number of nitro benzene ring substituents is 1. The molecule has 0 aliphatic heterocycles. The molecular weight excluding hydrogens is 326 g/mol. The quantitative estimate of drug-likeness (QED) is 0.568. The van der Waals surface area contributed by atoms with Crippen molar-refractivity contribution in [1.29, 1.82) is 0 Å². The Morgan fingerprint density at radius 1 is 1.17 bits per heavy atom. The van der Waals surface area contributed by atoms with Gasteiger partial charge in [0.25, 0.3) is 11.6 Å². The molecule has 0 unspecified atom stereocenters. The number of hydrogen-bond donors (Lipinski definition) is 1. The van der Waals surface area contributed by atoms with E-state index in [1.54, 1.807) is 6.07 Å². The summed E-state index contributed by atoms with van der Waals surface area (Å²) in [5.41, 5.74) is 2.58. The maximum Gasteiger partial charge on any atom is 0.269 e. The van der Waals surface area contributed by atoms with Gasteiger partial charge in [0, 0.05) is 28.6 Å². The largest absolute Gasteiger partial charge is 0.321 e. The summed E-state index contributed by atoms with van der Waals surface area (Å²) in [6, 6.07) is 12.9. The highest BCUT2D eigenvalue weighted by atomic mass is 32.1. The number of aryl methyl sites for hydroxylation is 1. The lowest BCUT2D eigenvalue weighted by Gasteiger charge is -2.09. The van der Waals surface area contributed by atoms with E-state index in [1.165, 1.54) is 35.6 Å². The number of carbonyl (C=O) groups is 1. The zero-order valence-electron chi connectivity index (χ0n) is 12.7. The van der Waals surface area contributed by atoms with Crippen molar-refractivity contribution >= 4 is 28.6 Å². The number of carbonyl (C=O) groups excluding carboxylic acids is 1. The molecule has 2 aromatic carbocycles. The molecule has 0 fully saturated rings. The van der Waals surface area contributed by atoms with E-state index >= 15 is 0 Å². The van der Waals surface area contributed by atoms with E-state index in [9.17, 15) is 14.9 Å². The van der Waals surface area contributed by atoms with E-state index in [2.05, 4.69) is 10.3 Å². The van der Waals surface area contributed by atoms with Gasteiger partial charge in [0.2, 0.25) is 0 Å². The number of anilines is 1. The standard InChI is InChI=1S/C17H13N3O3S/c1-11-18-16(10-24-11)14-4-2-3-5-15(14)19-17(21)12-6-8-13(9-7-12)20(22)23/h2-10H,1H3,(H,19,21). The Morgan fingerprint density at radius 2 is 1.88 bits per heavy atom. The van der Waals surface area contributed by atoms with Crippen LogP contribution in [0.25, 0.3) is 11.3 Å². The minimum absolute atomic E-state index is 0.0510. The van der Waals surface area contributed by atoms with Crippen LogP contribution in [0.3, 0.4) is 0 Å². The Hall–Kier alpha value is -3.06. The van der Waals surface area contributed by atoms with E-state index in [4.69, 9.17) is 0 Å². The molecule has 7 heteroatoms. The van der Waals surface area contributed by atoms with E-state index in [-0.39, 0.29) is 11.6 Å². The van der Waals surface area contributed by atoms with Crippen molar-refractivity contribution in [1.82, 2.24) is 4.98 Å². The number of para-hydroxylation sites is 1. The lowest BCUT2D eigenvalue weighted by molar-refractivity contribution is -0.384. The molecule has 0 aliphatic rings. The second kappa shape index (κ2) is 6.59. The summed E-state index contributed by atoms with van der Waals surface area (Å²) in [6.07, 6.45) is 0. The van der Waals surface area contributed by atoms with Crippen LogP contribution in [0.4, 0.5) is 11.4 Å². The molecule has 0 saturated carbocycles. The van der Waals surface area contributed by atoms with Crippen molar-refractivity contribution in [3.63, 3.8) is 0 Å². The first kappa shape index (κ1) is 15.8. The van der Waals surface area contributed by atoms with Crippen molar-refractivity contribution in [2.75, 3.05) is 5.32 Å². The summed E-state index contributed by atoms with van der Waals surface area (Å²) >= 11 is 1.54. The van der Waals surface area contributed by atoms with Gasteiger partial charge < -0.3 is 5.32 Å². The van der Waals surface area contributed by atoms with Crippen molar-refractivity contribution in [3.8, 4) is 11.3 Å². The van der Waals surface area contributed by atoms with E-state index in [0.29, 0.717) is 11.3 Å². The number of hydrogen-bond acceptors (Lipinski definition) is 5. The topological polar surface area (TPSA) is 85.1 Å². The Labute approximate surface area is 141 Å². The lowest BCUT2D eigenvalue weighted by atomic mass is 10.1. The molecule has 0 aliphatic carbocycles. The van der Waals surface area contributed by atoms with Gasteiger partial charge in [0.05, 0.1) is 21.3 Å². The van der Waals surface area contributed by atoms with Crippen LogP contribution in [0.1, 0.15) is 15.4 Å². The molecule has 3 aromatic rings. The van der Waals surface area contributed by atoms with Gasteiger partial charge in [-0.1, -0.05) is 18.2 Å². The van der Waals surface area contributed by atoms with Crippen LogP contribution in [0.15, 0.2) is 53.9 Å². The van der Waals surface area contributed by atoms with Gasteiger partial charge in [-0.15, -0.1) is 11.3 Å². The first-order valence-electron chi connectivity index (χ1n) is 7.12. The van der Waals surface area contributed by atoms with Gasteiger partial charge in [0.1, 0.15) is 0 Å². The van der Waals surface area contributed by atoms with Gasteiger partial charge in [0.15, 0.2) is 0 Å². The fraction of sp³-hybridized carbons (Fsp3) is 0.0588. The predicted molar refractivity (Wildman–Crippen MR) is 93.3 cm³/mol. The van der Waals surface area contributed by atoms with Crippen LogP contribution in [0, 0.1) is 17.0 Å². The van der Waals surface area contributed by atoms with Crippen molar-refractivity contribution < 1.29 is 9.72 Å². The van der Waals surface area contributed by atoms with Crippen LogP contribution in [0.2, 0.25) is 0 Å². The number of benzene rings is 2. The molecule has 3 rings (SSSR count). The SMILES string of the molecule is Cc1nc(-c2ccccc2NC(=O)c2ccc([N+](=O)[O-])cc2)cs1. The number of nitrogens with one attached hydrogen (secondary N) is 1. The van der Waals surface area contributed by atoms with Gasteiger partial charge in [-0.3, -0.25) is 14.9 Å². The van der Waals surface area contributed by atoms with Gasteiger partial charge >= 0.3 is 0 Å². The first-order valence-corrected chi connectivity index (χ1v) is 8.00. The average molecular weight is 339 g/mol. The van der Waals surface area contributed by atoms with Crippen molar-refractivity contribution in [3.05, 3.63) is 74.6 Å². The highest BCUT2D eigenvalue weighted by molar-refractivity contribution is 7.09. The average Bonchev–Trinajstić information content (AvgIpc) is 3.01. The minimum atomic E-state index is -0.498. The maximum absolute atomic E-state index is 12.4. The maximum atomic E-state index is 12.4. The van der Waals surface area contributed by atoms with Crippen LogP contribution >= 0.6 is 11.3 Å². The second-order valence-electron chi connectivity index (χ2n) is 5.06. The molecule has 6 nitrogen and oxygen atoms in total. The van der Waals surface area contributed by atoms with Crippen LogP contribution in [-0.2, 0) is 0 Å². The minimum Gasteiger partial charge on any atom is -0.321 e. The molecule has 1 amide bonds. The molecule has 1 N–H and O–H groups in total. The summed E-state index contributed by atoms with van der Waals surface area (Å²) < 4.78 is 0. The fourth-order valence-electron chi connectivity index (χ4n) is 2.23.